The molecule has 16 heavy (non-hydrogen) atoms. The molecule has 0 bridgehead atoms. The lowest BCUT2D eigenvalue weighted by Gasteiger charge is -2.38. The van der Waals surface area contributed by atoms with Crippen LogP contribution in [-0.4, -0.2) is 72.7 Å². The van der Waals surface area contributed by atoms with Crippen LogP contribution in [0.1, 0.15) is 0 Å². The highest BCUT2D eigenvalue weighted by molar-refractivity contribution is 5.61. The van der Waals surface area contributed by atoms with Crippen LogP contribution in [0.3, 0.4) is 0 Å². The van der Waals surface area contributed by atoms with Crippen molar-refractivity contribution in [2.75, 3.05) is 6.61 Å². The van der Waals surface area contributed by atoms with Crippen molar-refractivity contribution in [1.29, 1.82) is 0 Å². The molecule has 96 valence electrons. The van der Waals surface area contributed by atoms with Gasteiger partial charge >= 0.3 is 5.79 Å². The molecule has 10 heteroatoms. The molecule has 0 radical (unpaired) electrons. The van der Waals surface area contributed by atoms with Gasteiger partial charge < -0.3 is 25.5 Å². The number of aliphatic hydroxyl groups excluding tert-OH is 3. The van der Waals surface area contributed by atoms with Crippen LogP contribution < -0.4 is 0 Å². The predicted octanol–water partition coefficient (Wildman–Crippen LogP) is -3.74. The molecule has 0 unspecified atom stereocenters. The van der Waals surface area contributed by atoms with Gasteiger partial charge in [0.1, 0.15) is 12.2 Å². The number of hydrogen-bond donors (Lipinski definition) is 7. The number of carbonyl (C=O) groups is 1. The molecule has 0 aliphatic carbocycles. The summed E-state index contributed by atoms with van der Waals surface area (Å²) in [6, 6.07) is 0. The molecule has 0 heterocycles. The largest absolute Gasteiger partial charge is 0.394 e. The predicted molar refractivity (Wildman–Crippen MR) is 42.5 cm³/mol. The standard InChI is InChI=1S/C6H12O10/c7-1-3(9)4(10)6(12,16-14)5(11,2-8)15-13/h2-4,7,9-14H,1H2/t3-,4-,5+,6-/m1/s1. The van der Waals surface area contributed by atoms with E-state index in [1.165, 1.54) is 0 Å². The molecule has 0 saturated carbocycles. The van der Waals surface area contributed by atoms with E-state index in [-0.39, 0.29) is 0 Å². The molecule has 0 aromatic rings. The van der Waals surface area contributed by atoms with Gasteiger partial charge in [-0.2, -0.15) is 9.78 Å². The number of carbonyl (C=O) groups excluding carboxylic acids is 1. The average molecular weight is 244 g/mol. The second-order valence-corrected chi connectivity index (χ2v) is 2.89. The van der Waals surface area contributed by atoms with Crippen LogP contribution in [-0.2, 0) is 14.6 Å². The van der Waals surface area contributed by atoms with E-state index < -0.39 is 36.7 Å². The molecule has 0 saturated heterocycles. The van der Waals surface area contributed by atoms with E-state index in [2.05, 4.69) is 9.78 Å². The fourth-order valence-electron chi connectivity index (χ4n) is 0.863. The van der Waals surface area contributed by atoms with Gasteiger partial charge in [-0.05, 0) is 0 Å². The Bertz CT molecular complexity index is 233. The van der Waals surface area contributed by atoms with Crippen LogP contribution in [0.4, 0.5) is 0 Å². The lowest BCUT2D eigenvalue weighted by Crippen LogP contribution is -2.67. The molecule has 0 aliphatic heterocycles. The highest BCUT2D eigenvalue weighted by atomic mass is 17.2. The Morgan fingerprint density at radius 1 is 1.19 bits per heavy atom. The number of aliphatic hydroxyl groups is 5. The van der Waals surface area contributed by atoms with Crippen LogP contribution >= 0.6 is 0 Å². The van der Waals surface area contributed by atoms with E-state index in [0.717, 1.165) is 0 Å². The minimum absolute atomic E-state index is 0.615. The molecule has 0 fully saturated rings. The van der Waals surface area contributed by atoms with Gasteiger partial charge in [-0.25, -0.2) is 10.5 Å². The number of rotatable bonds is 7. The van der Waals surface area contributed by atoms with Crippen molar-refractivity contribution in [2.45, 2.75) is 23.8 Å². The maximum atomic E-state index is 10.3. The van der Waals surface area contributed by atoms with Crippen molar-refractivity contribution in [3.63, 3.8) is 0 Å². The summed E-state index contributed by atoms with van der Waals surface area (Å²) in [6.07, 6.45) is -5.28. The molecule has 0 amide bonds. The van der Waals surface area contributed by atoms with Gasteiger partial charge in [0.2, 0.25) is 0 Å². The van der Waals surface area contributed by atoms with Crippen LogP contribution in [0, 0.1) is 0 Å². The second-order valence-electron chi connectivity index (χ2n) is 2.89. The van der Waals surface area contributed by atoms with E-state index in [1.54, 1.807) is 0 Å². The Labute approximate surface area is 88.4 Å². The normalized spacial score (nSPS) is 22.9. The lowest BCUT2D eigenvalue weighted by molar-refractivity contribution is -0.524. The zero-order valence-electron chi connectivity index (χ0n) is 7.79. The van der Waals surface area contributed by atoms with E-state index in [4.69, 9.17) is 25.8 Å². The van der Waals surface area contributed by atoms with Crippen molar-refractivity contribution in [2.24, 2.45) is 0 Å². The Hall–Kier alpha value is -0.690. The van der Waals surface area contributed by atoms with E-state index in [1.807, 2.05) is 0 Å². The SMILES string of the molecule is O=C[C@](O)(OO)[C@](O)(OO)[C@H](O)[C@H](O)CO. The molecule has 0 aromatic carbocycles. The molecule has 0 aliphatic rings. The maximum Gasteiger partial charge on any atom is 0.315 e. The van der Waals surface area contributed by atoms with Crippen molar-refractivity contribution < 1.29 is 50.6 Å². The summed E-state index contributed by atoms with van der Waals surface area (Å²) in [5.41, 5.74) is 0. The molecule has 0 aromatic heterocycles. The average Bonchev–Trinajstić information content (AvgIpc) is 2.34. The molecule has 4 atom stereocenters. The Kier molecular flexibility index (Phi) is 5.34. The summed E-state index contributed by atoms with van der Waals surface area (Å²) in [4.78, 5) is 16.7. The maximum absolute atomic E-state index is 10.3. The van der Waals surface area contributed by atoms with Crippen molar-refractivity contribution >= 4 is 6.29 Å². The second kappa shape index (κ2) is 5.58. The first kappa shape index (κ1) is 15.3. The minimum Gasteiger partial charge on any atom is -0.394 e. The van der Waals surface area contributed by atoms with E-state index in [9.17, 15) is 15.0 Å². The van der Waals surface area contributed by atoms with Gasteiger partial charge in [0, 0.05) is 0 Å². The molecular formula is C6H12O10. The van der Waals surface area contributed by atoms with Gasteiger partial charge in [0.25, 0.3) is 5.79 Å². The van der Waals surface area contributed by atoms with Gasteiger partial charge in [0.15, 0.2) is 6.29 Å². The zero-order valence-corrected chi connectivity index (χ0v) is 7.79. The summed E-state index contributed by atoms with van der Waals surface area (Å²) in [7, 11) is 0. The molecule has 0 rings (SSSR count). The lowest BCUT2D eigenvalue weighted by atomic mass is 9.97. The summed E-state index contributed by atoms with van der Waals surface area (Å²) < 4.78 is 0. The van der Waals surface area contributed by atoms with Crippen LogP contribution in [0.5, 0.6) is 0 Å². The zero-order chi connectivity index (χ0) is 13.0. The first-order valence-corrected chi connectivity index (χ1v) is 3.86. The van der Waals surface area contributed by atoms with Gasteiger partial charge in [-0.1, -0.05) is 0 Å². The fraction of sp³-hybridized carbons (Fsp3) is 0.833. The third-order valence-electron chi connectivity index (χ3n) is 1.90. The smallest absolute Gasteiger partial charge is 0.315 e. The van der Waals surface area contributed by atoms with Gasteiger partial charge in [0.05, 0.1) is 6.61 Å². The third-order valence-corrected chi connectivity index (χ3v) is 1.90. The molecular weight excluding hydrogens is 232 g/mol. The van der Waals surface area contributed by atoms with E-state index >= 15 is 0 Å². The fourth-order valence-corrected chi connectivity index (χ4v) is 0.863. The highest BCUT2D eigenvalue weighted by Gasteiger charge is 2.61. The third kappa shape index (κ3) is 2.35. The van der Waals surface area contributed by atoms with Crippen molar-refractivity contribution in [3.8, 4) is 0 Å². The molecule has 10 nitrogen and oxygen atoms in total. The molecule has 0 spiro atoms. The first-order chi connectivity index (χ1) is 7.32. The molecule has 7 N–H and O–H groups in total. The topological polar surface area (TPSA) is 177 Å². The Morgan fingerprint density at radius 3 is 1.94 bits per heavy atom. The summed E-state index contributed by atoms with van der Waals surface area (Å²) in [5, 5.41) is 61.5. The number of aldehydes is 1. The van der Waals surface area contributed by atoms with Gasteiger partial charge in [-0.3, -0.25) is 4.79 Å². The summed E-state index contributed by atoms with van der Waals surface area (Å²) >= 11 is 0. The van der Waals surface area contributed by atoms with Crippen LogP contribution in [0.15, 0.2) is 0 Å². The van der Waals surface area contributed by atoms with Crippen LogP contribution in [0.2, 0.25) is 0 Å². The Balaban J connectivity index is 5.25. The quantitative estimate of drug-likeness (QED) is 0.102. The summed E-state index contributed by atoms with van der Waals surface area (Å²) in [6.45, 7) is -1.10. The van der Waals surface area contributed by atoms with E-state index in [0.29, 0.717) is 0 Å². The van der Waals surface area contributed by atoms with Crippen LogP contribution in [0.25, 0.3) is 0 Å². The minimum atomic E-state index is -3.61. The Morgan fingerprint density at radius 2 is 1.69 bits per heavy atom. The van der Waals surface area contributed by atoms with Crippen molar-refractivity contribution in [1.82, 2.24) is 0 Å². The first-order valence-electron chi connectivity index (χ1n) is 3.86. The number of hydrogen-bond acceptors (Lipinski definition) is 10. The summed E-state index contributed by atoms with van der Waals surface area (Å²) in [5.74, 6) is -7.18. The van der Waals surface area contributed by atoms with Crippen molar-refractivity contribution in [3.05, 3.63) is 0 Å². The van der Waals surface area contributed by atoms with Gasteiger partial charge in [-0.15, -0.1) is 0 Å². The highest BCUT2D eigenvalue weighted by Crippen LogP contribution is 2.27. The monoisotopic (exact) mass is 244 g/mol.